The van der Waals surface area contributed by atoms with E-state index in [4.69, 9.17) is 5.73 Å². The summed E-state index contributed by atoms with van der Waals surface area (Å²) in [6.45, 7) is 0.732. The Morgan fingerprint density at radius 3 is 2.60 bits per heavy atom. The van der Waals surface area contributed by atoms with E-state index < -0.39 is 28.9 Å². The Labute approximate surface area is 121 Å². The van der Waals surface area contributed by atoms with E-state index in [0.717, 1.165) is 31.4 Å². The molecule has 1 fully saturated rings. The molecule has 1 saturated heterocycles. The van der Waals surface area contributed by atoms with Crippen molar-refractivity contribution < 1.29 is 18.0 Å². The molecule has 1 aliphatic rings. The van der Waals surface area contributed by atoms with E-state index >= 15 is 0 Å². The number of carbonyl (C=O) groups excluding carboxylic acids is 1. The van der Waals surface area contributed by atoms with E-state index in [1.807, 2.05) is 0 Å². The van der Waals surface area contributed by atoms with Crippen molar-refractivity contribution in [3.63, 3.8) is 0 Å². The number of nitrogens with two attached hydrogens (primary N) is 1. The Hall–Kier alpha value is -1.27. The van der Waals surface area contributed by atoms with Crippen LogP contribution in [-0.4, -0.2) is 29.9 Å². The molecule has 1 aliphatic heterocycles. The van der Waals surface area contributed by atoms with Crippen molar-refractivity contribution in [2.75, 3.05) is 13.1 Å². The first-order valence-electron chi connectivity index (χ1n) is 6.20. The summed E-state index contributed by atoms with van der Waals surface area (Å²) >= 11 is 0. The molecule has 0 saturated carbocycles. The lowest BCUT2D eigenvalue weighted by molar-refractivity contribution is 0.0617. The highest BCUT2D eigenvalue weighted by atomic mass is 35.5. The molecule has 0 aromatic heterocycles. The summed E-state index contributed by atoms with van der Waals surface area (Å²) < 4.78 is 39.6. The van der Waals surface area contributed by atoms with Gasteiger partial charge in [0.15, 0.2) is 17.5 Å². The van der Waals surface area contributed by atoms with Gasteiger partial charge in [-0.05, 0) is 31.4 Å². The first-order chi connectivity index (χ1) is 9.06. The molecule has 1 unspecified atom stereocenters. The maximum Gasteiger partial charge on any atom is 0.257 e. The Morgan fingerprint density at radius 1 is 1.25 bits per heavy atom. The van der Waals surface area contributed by atoms with Gasteiger partial charge in [-0.3, -0.25) is 4.79 Å². The lowest BCUT2D eigenvalue weighted by atomic mass is 10.0. The second kappa shape index (κ2) is 6.95. The predicted molar refractivity (Wildman–Crippen MR) is 71.3 cm³/mol. The summed E-state index contributed by atoms with van der Waals surface area (Å²) in [5.74, 6) is -4.99. The first-order valence-corrected chi connectivity index (χ1v) is 6.20. The van der Waals surface area contributed by atoms with Crippen molar-refractivity contribution in [3.05, 3.63) is 35.1 Å². The number of likely N-dealkylation sites (tertiary alicyclic amines) is 1. The first kappa shape index (κ1) is 16.8. The lowest BCUT2D eigenvalue weighted by Crippen LogP contribution is -2.47. The standard InChI is InChI=1S/C13H15F3N2O.ClH/c14-10-5-4-9(11(15)12(10)16)13(19)18-6-2-1-3-8(18)7-17;/h4-5,8H,1-3,6-7,17H2;1H. The zero-order valence-electron chi connectivity index (χ0n) is 10.7. The molecule has 20 heavy (non-hydrogen) atoms. The average molecular weight is 309 g/mol. The smallest absolute Gasteiger partial charge is 0.257 e. The molecule has 2 rings (SSSR count). The summed E-state index contributed by atoms with van der Waals surface area (Å²) in [7, 11) is 0. The molecule has 1 atom stereocenters. The molecule has 1 heterocycles. The minimum absolute atomic E-state index is 0. The molecule has 1 aromatic carbocycles. The molecule has 0 spiro atoms. The van der Waals surface area contributed by atoms with Gasteiger partial charge in [0.25, 0.3) is 5.91 Å². The topological polar surface area (TPSA) is 46.3 Å². The number of hydrogen-bond donors (Lipinski definition) is 1. The van der Waals surface area contributed by atoms with Crippen LogP contribution in [0.15, 0.2) is 12.1 Å². The van der Waals surface area contributed by atoms with Gasteiger partial charge in [-0.15, -0.1) is 12.4 Å². The van der Waals surface area contributed by atoms with Crippen LogP contribution in [0.2, 0.25) is 0 Å². The Balaban J connectivity index is 0.00000200. The van der Waals surface area contributed by atoms with E-state index in [1.54, 1.807) is 0 Å². The minimum Gasteiger partial charge on any atom is -0.334 e. The van der Waals surface area contributed by atoms with Crippen LogP contribution in [-0.2, 0) is 0 Å². The van der Waals surface area contributed by atoms with Crippen LogP contribution in [0.3, 0.4) is 0 Å². The number of amides is 1. The Kier molecular flexibility index (Phi) is 5.83. The monoisotopic (exact) mass is 308 g/mol. The fourth-order valence-electron chi connectivity index (χ4n) is 2.36. The van der Waals surface area contributed by atoms with Gasteiger partial charge in [0.1, 0.15) is 0 Å². The van der Waals surface area contributed by atoms with Crippen LogP contribution in [0.5, 0.6) is 0 Å². The van der Waals surface area contributed by atoms with Crippen molar-refractivity contribution in [1.82, 2.24) is 4.90 Å². The maximum atomic E-state index is 13.6. The fourth-order valence-corrected chi connectivity index (χ4v) is 2.36. The third-order valence-corrected chi connectivity index (χ3v) is 3.43. The van der Waals surface area contributed by atoms with E-state index in [9.17, 15) is 18.0 Å². The highest BCUT2D eigenvalue weighted by Gasteiger charge is 2.29. The van der Waals surface area contributed by atoms with Gasteiger partial charge in [0.2, 0.25) is 0 Å². The third-order valence-electron chi connectivity index (χ3n) is 3.43. The minimum atomic E-state index is -1.62. The second-order valence-electron chi connectivity index (χ2n) is 4.61. The second-order valence-corrected chi connectivity index (χ2v) is 4.61. The van der Waals surface area contributed by atoms with Crippen molar-refractivity contribution in [2.24, 2.45) is 5.73 Å². The molecule has 0 bridgehead atoms. The van der Waals surface area contributed by atoms with Gasteiger partial charge in [-0.25, -0.2) is 13.2 Å². The normalized spacial score (nSPS) is 18.6. The van der Waals surface area contributed by atoms with Gasteiger partial charge >= 0.3 is 0 Å². The fraction of sp³-hybridized carbons (Fsp3) is 0.462. The Morgan fingerprint density at radius 2 is 1.95 bits per heavy atom. The summed E-state index contributed by atoms with van der Waals surface area (Å²) in [5, 5.41) is 0. The van der Waals surface area contributed by atoms with Crippen LogP contribution >= 0.6 is 12.4 Å². The highest BCUT2D eigenvalue weighted by molar-refractivity contribution is 5.94. The van der Waals surface area contributed by atoms with Crippen LogP contribution in [0.1, 0.15) is 29.6 Å². The number of piperidine rings is 1. The van der Waals surface area contributed by atoms with Crippen molar-refractivity contribution >= 4 is 18.3 Å². The van der Waals surface area contributed by atoms with Crippen LogP contribution in [0.25, 0.3) is 0 Å². The predicted octanol–water partition coefficient (Wildman–Crippen LogP) is 2.48. The SMILES string of the molecule is Cl.NCC1CCCCN1C(=O)c1ccc(F)c(F)c1F. The molecule has 1 aromatic rings. The average Bonchev–Trinajstić information content (AvgIpc) is 2.44. The van der Waals surface area contributed by atoms with Gasteiger partial charge in [0, 0.05) is 19.1 Å². The van der Waals surface area contributed by atoms with E-state index in [1.165, 1.54) is 4.90 Å². The molecule has 1 amide bonds. The number of hydrogen-bond acceptors (Lipinski definition) is 2. The zero-order valence-corrected chi connectivity index (χ0v) is 11.6. The molecular weight excluding hydrogens is 293 g/mol. The summed E-state index contributed by atoms with van der Waals surface area (Å²) in [5.41, 5.74) is 5.13. The van der Waals surface area contributed by atoms with E-state index in [-0.39, 0.29) is 25.0 Å². The Bertz CT molecular complexity index is 499. The van der Waals surface area contributed by atoms with Crippen LogP contribution in [0.4, 0.5) is 13.2 Å². The van der Waals surface area contributed by atoms with Crippen LogP contribution in [0, 0.1) is 17.5 Å². The van der Waals surface area contributed by atoms with Gasteiger partial charge < -0.3 is 10.6 Å². The number of halogens is 4. The molecule has 0 radical (unpaired) electrons. The molecule has 3 nitrogen and oxygen atoms in total. The number of benzene rings is 1. The highest BCUT2D eigenvalue weighted by Crippen LogP contribution is 2.22. The third kappa shape index (κ3) is 3.07. The van der Waals surface area contributed by atoms with Gasteiger partial charge in [-0.2, -0.15) is 0 Å². The van der Waals surface area contributed by atoms with Crippen LogP contribution < -0.4 is 5.73 Å². The number of carbonyl (C=O) groups is 1. The largest absolute Gasteiger partial charge is 0.334 e. The van der Waals surface area contributed by atoms with E-state index in [0.29, 0.717) is 6.54 Å². The number of nitrogens with zero attached hydrogens (tertiary/aromatic N) is 1. The summed E-state index contributed by atoms with van der Waals surface area (Å²) in [6.07, 6.45) is 2.49. The lowest BCUT2D eigenvalue weighted by Gasteiger charge is -2.35. The van der Waals surface area contributed by atoms with Crippen molar-refractivity contribution in [1.29, 1.82) is 0 Å². The van der Waals surface area contributed by atoms with E-state index in [2.05, 4.69) is 0 Å². The molecular formula is C13H16ClF3N2O. The maximum absolute atomic E-state index is 13.6. The van der Waals surface area contributed by atoms with Gasteiger partial charge in [0.05, 0.1) is 5.56 Å². The molecule has 112 valence electrons. The molecule has 2 N–H and O–H groups in total. The van der Waals surface area contributed by atoms with Crippen molar-refractivity contribution in [2.45, 2.75) is 25.3 Å². The zero-order chi connectivity index (χ0) is 14.0. The summed E-state index contributed by atoms with van der Waals surface area (Å²) in [4.78, 5) is 13.6. The molecule has 0 aliphatic carbocycles. The quantitative estimate of drug-likeness (QED) is 0.853. The summed E-state index contributed by atoms with van der Waals surface area (Å²) in [6, 6.07) is 1.56. The number of rotatable bonds is 2. The molecule has 7 heteroatoms. The van der Waals surface area contributed by atoms with Gasteiger partial charge in [-0.1, -0.05) is 0 Å². The van der Waals surface area contributed by atoms with Crippen molar-refractivity contribution in [3.8, 4) is 0 Å².